The van der Waals surface area contributed by atoms with Crippen LogP contribution in [0.4, 0.5) is 0 Å². The third-order valence-electron chi connectivity index (χ3n) is 3.17. The molecule has 112 valence electrons. The fourth-order valence-corrected chi connectivity index (χ4v) is 2.42. The first-order chi connectivity index (χ1) is 10.3. The predicted octanol–water partition coefficient (Wildman–Crippen LogP) is 5.22. The molecule has 1 atom stereocenters. The van der Waals surface area contributed by atoms with Gasteiger partial charge in [-0.1, -0.05) is 42.5 Å². The maximum Gasteiger partial charge on any atom is 0.161 e. The van der Waals surface area contributed by atoms with E-state index in [9.17, 15) is 0 Å². The van der Waals surface area contributed by atoms with Gasteiger partial charge in [0.2, 0.25) is 0 Å². The van der Waals surface area contributed by atoms with Gasteiger partial charge in [0.1, 0.15) is 0 Å². The fourth-order valence-electron chi connectivity index (χ4n) is 2.12. The van der Waals surface area contributed by atoms with Gasteiger partial charge >= 0.3 is 0 Å². The smallest absolute Gasteiger partial charge is 0.161 e. The van der Waals surface area contributed by atoms with Gasteiger partial charge in [-0.2, -0.15) is 0 Å². The molecule has 0 aromatic heterocycles. The predicted molar refractivity (Wildman–Crippen MR) is 87.4 cm³/mol. The van der Waals surface area contributed by atoms with E-state index in [1.54, 1.807) is 0 Å². The molecule has 3 heteroatoms. The van der Waals surface area contributed by atoms with Crippen LogP contribution in [0.2, 0.25) is 0 Å². The molecule has 0 heterocycles. The average molecular weight is 305 g/mol. The molecule has 0 amide bonds. The van der Waals surface area contributed by atoms with Crippen LogP contribution >= 0.6 is 11.6 Å². The Balaban J connectivity index is 1.77. The van der Waals surface area contributed by atoms with Crippen LogP contribution in [0.1, 0.15) is 30.7 Å². The molecule has 0 aliphatic heterocycles. The van der Waals surface area contributed by atoms with Crippen LogP contribution in [-0.2, 0) is 0 Å². The van der Waals surface area contributed by atoms with E-state index < -0.39 is 0 Å². The molecular formula is C18H21ClO2. The molecule has 2 aromatic rings. The lowest BCUT2D eigenvalue weighted by molar-refractivity contribution is 0.271. The second-order valence-corrected chi connectivity index (χ2v) is 5.28. The Bertz CT molecular complexity index is 528. The number of halogens is 1. The molecule has 0 saturated heterocycles. The largest absolute Gasteiger partial charge is 0.490 e. The van der Waals surface area contributed by atoms with Crippen molar-refractivity contribution in [2.24, 2.45) is 0 Å². The van der Waals surface area contributed by atoms with Gasteiger partial charge in [-0.15, -0.1) is 11.6 Å². The van der Waals surface area contributed by atoms with Gasteiger partial charge in [0.15, 0.2) is 11.5 Å². The van der Waals surface area contributed by atoms with Gasteiger partial charge < -0.3 is 9.47 Å². The second kappa shape index (κ2) is 8.58. The van der Waals surface area contributed by atoms with Crippen LogP contribution in [0.5, 0.6) is 11.5 Å². The third kappa shape index (κ3) is 4.98. The second-order valence-electron chi connectivity index (χ2n) is 4.75. The van der Waals surface area contributed by atoms with Crippen molar-refractivity contribution in [1.82, 2.24) is 0 Å². The maximum absolute atomic E-state index is 6.39. The first kappa shape index (κ1) is 15.7. The van der Waals surface area contributed by atoms with Crippen molar-refractivity contribution in [3.05, 3.63) is 60.2 Å². The Hall–Kier alpha value is -1.67. The molecule has 0 radical (unpaired) electrons. The summed E-state index contributed by atoms with van der Waals surface area (Å²) < 4.78 is 11.3. The topological polar surface area (TPSA) is 18.5 Å². The molecule has 1 unspecified atom stereocenters. The van der Waals surface area contributed by atoms with E-state index in [0.717, 1.165) is 29.9 Å². The molecule has 0 aliphatic rings. The van der Waals surface area contributed by atoms with Gasteiger partial charge in [-0.3, -0.25) is 0 Å². The zero-order valence-corrected chi connectivity index (χ0v) is 13.1. The van der Waals surface area contributed by atoms with Crippen molar-refractivity contribution < 1.29 is 9.47 Å². The Morgan fingerprint density at radius 1 is 0.905 bits per heavy atom. The van der Waals surface area contributed by atoms with Crippen molar-refractivity contribution in [3.63, 3.8) is 0 Å². The first-order valence-corrected chi connectivity index (χ1v) is 7.78. The van der Waals surface area contributed by atoms with Crippen LogP contribution < -0.4 is 9.47 Å². The van der Waals surface area contributed by atoms with Gasteiger partial charge in [0.25, 0.3) is 0 Å². The van der Waals surface area contributed by atoms with Crippen molar-refractivity contribution in [3.8, 4) is 11.5 Å². The van der Waals surface area contributed by atoms with E-state index in [2.05, 4.69) is 12.1 Å². The molecule has 0 bridgehead atoms. The van der Waals surface area contributed by atoms with E-state index in [-0.39, 0.29) is 5.38 Å². The van der Waals surface area contributed by atoms with E-state index in [4.69, 9.17) is 21.1 Å². The lowest BCUT2D eigenvalue weighted by Crippen LogP contribution is -2.02. The van der Waals surface area contributed by atoms with E-state index in [0.29, 0.717) is 13.2 Å². The summed E-state index contributed by atoms with van der Waals surface area (Å²) in [5.74, 6) is 1.59. The van der Waals surface area contributed by atoms with Crippen molar-refractivity contribution in [2.45, 2.75) is 25.1 Å². The van der Waals surface area contributed by atoms with Gasteiger partial charge in [-0.05, 0) is 37.5 Å². The Labute approximate surface area is 131 Å². The summed E-state index contributed by atoms with van der Waals surface area (Å²) in [4.78, 5) is 0. The maximum atomic E-state index is 6.39. The van der Waals surface area contributed by atoms with Crippen molar-refractivity contribution in [1.29, 1.82) is 0 Å². The average Bonchev–Trinajstić information content (AvgIpc) is 2.54. The summed E-state index contributed by atoms with van der Waals surface area (Å²) in [6.07, 6.45) is 1.80. The van der Waals surface area contributed by atoms with Crippen LogP contribution in [0.25, 0.3) is 0 Å². The quantitative estimate of drug-likeness (QED) is 0.491. The minimum Gasteiger partial charge on any atom is -0.490 e. The summed E-state index contributed by atoms with van der Waals surface area (Å²) >= 11 is 6.39. The molecule has 2 nitrogen and oxygen atoms in total. The normalized spacial score (nSPS) is 11.9. The lowest BCUT2D eigenvalue weighted by Gasteiger charge is -2.13. The Morgan fingerprint density at radius 2 is 1.52 bits per heavy atom. The van der Waals surface area contributed by atoms with Gasteiger partial charge in [0, 0.05) is 0 Å². The van der Waals surface area contributed by atoms with Crippen LogP contribution in [0, 0.1) is 0 Å². The molecule has 2 aromatic carbocycles. The summed E-state index contributed by atoms with van der Waals surface area (Å²) in [5, 5.41) is 0.0388. The van der Waals surface area contributed by atoms with Gasteiger partial charge in [-0.25, -0.2) is 0 Å². The summed E-state index contributed by atoms with van der Waals surface area (Å²) in [5.41, 5.74) is 1.16. The van der Waals surface area contributed by atoms with E-state index in [1.165, 1.54) is 0 Å². The molecule has 0 N–H and O–H groups in total. The zero-order chi connectivity index (χ0) is 14.9. The van der Waals surface area contributed by atoms with Crippen molar-refractivity contribution in [2.75, 3.05) is 13.2 Å². The monoisotopic (exact) mass is 304 g/mol. The number of para-hydroxylation sites is 2. The number of benzene rings is 2. The van der Waals surface area contributed by atoms with E-state index >= 15 is 0 Å². The third-order valence-corrected chi connectivity index (χ3v) is 3.64. The first-order valence-electron chi connectivity index (χ1n) is 7.35. The highest BCUT2D eigenvalue weighted by Crippen LogP contribution is 2.28. The Morgan fingerprint density at radius 3 is 2.19 bits per heavy atom. The highest BCUT2D eigenvalue weighted by atomic mass is 35.5. The zero-order valence-electron chi connectivity index (χ0n) is 12.3. The SMILES string of the molecule is CCOc1ccccc1OCCCC(Cl)c1ccccc1. The number of ether oxygens (including phenoxy) is 2. The lowest BCUT2D eigenvalue weighted by atomic mass is 10.1. The molecule has 0 fully saturated rings. The summed E-state index contributed by atoms with van der Waals surface area (Å²) in [6, 6.07) is 17.9. The number of hydrogen-bond acceptors (Lipinski definition) is 2. The minimum absolute atomic E-state index is 0.0388. The minimum atomic E-state index is 0.0388. The summed E-state index contributed by atoms with van der Waals surface area (Å²) in [6.45, 7) is 3.24. The molecule has 2 rings (SSSR count). The summed E-state index contributed by atoms with van der Waals surface area (Å²) in [7, 11) is 0. The number of rotatable bonds is 8. The Kier molecular flexibility index (Phi) is 6.42. The highest BCUT2D eigenvalue weighted by Gasteiger charge is 2.08. The molecule has 21 heavy (non-hydrogen) atoms. The van der Waals surface area contributed by atoms with Crippen molar-refractivity contribution >= 4 is 11.6 Å². The number of alkyl halides is 1. The van der Waals surface area contributed by atoms with Crippen LogP contribution in [0.3, 0.4) is 0 Å². The van der Waals surface area contributed by atoms with Crippen LogP contribution in [0.15, 0.2) is 54.6 Å². The number of hydrogen-bond donors (Lipinski definition) is 0. The molecule has 0 aliphatic carbocycles. The van der Waals surface area contributed by atoms with Crippen LogP contribution in [-0.4, -0.2) is 13.2 Å². The highest BCUT2D eigenvalue weighted by molar-refractivity contribution is 6.20. The van der Waals surface area contributed by atoms with Gasteiger partial charge in [0.05, 0.1) is 18.6 Å². The standard InChI is InChI=1S/C18H21ClO2/c1-2-20-17-12-6-7-13-18(17)21-14-8-11-16(19)15-9-4-3-5-10-15/h3-7,9-10,12-13,16H,2,8,11,14H2,1H3. The van der Waals surface area contributed by atoms with E-state index in [1.807, 2.05) is 49.4 Å². The molecular weight excluding hydrogens is 284 g/mol. The molecule has 0 spiro atoms. The molecule has 0 saturated carbocycles. The fraction of sp³-hybridized carbons (Fsp3) is 0.333.